The fourth-order valence-corrected chi connectivity index (χ4v) is 2.41. The van der Waals surface area contributed by atoms with Crippen molar-refractivity contribution < 1.29 is 0 Å². The molecule has 2 heterocycles. The molecule has 0 bridgehead atoms. The zero-order valence-corrected chi connectivity index (χ0v) is 12.5. The number of benzene rings is 1. The first kappa shape index (κ1) is 13.5. The van der Waals surface area contributed by atoms with E-state index in [1.54, 1.807) is 6.33 Å². The summed E-state index contributed by atoms with van der Waals surface area (Å²) in [6, 6.07) is 8.35. The number of nitrogens with one attached hydrogen (secondary N) is 2. The summed E-state index contributed by atoms with van der Waals surface area (Å²) in [4.78, 5) is 8.71. The zero-order valence-electron chi connectivity index (χ0n) is 12.5. The number of anilines is 1. The third kappa shape index (κ3) is 2.72. The average molecular weight is 281 g/mol. The van der Waals surface area contributed by atoms with Gasteiger partial charge in [-0.25, -0.2) is 9.97 Å². The number of hydrogen-bond donors (Lipinski definition) is 2. The van der Waals surface area contributed by atoms with Crippen molar-refractivity contribution in [2.75, 3.05) is 5.32 Å². The molecule has 2 N–H and O–H groups in total. The molecule has 3 aromatic rings. The van der Waals surface area contributed by atoms with Gasteiger partial charge in [-0.05, 0) is 16.4 Å². The molecule has 3 rings (SSSR count). The van der Waals surface area contributed by atoms with E-state index >= 15 is 0 Å². The highest BCUT2D eigenvalue weighted by atomic mass is 15.2. The smallest absolute Gasteiger partial charge is 0.169 e. The van der Waals surface area contributed by atoms with E-state index < -0.39 is 0 Å². The van der Waals surface area contributed by atoms with Crippen molar-refractivity contribution in [1.82, 2.24) is 20.2 Å². The van der Waals surface area contributed by atoms with E-state index in [-0.39, 0.29) is 5.41 Å². The highest BCUT2D eigenvalue weighted by Crippen LogP contribution is 2.32. The fourth-order valence-electron chi connectivity index (χ4n) is 2.41. The first-order valence-corrected chi connectivity index (χ1v) is 7.02. The number of hydrogen-bond acceptors (Lipinski definition) is 4. The van der Waals surface area contributed by atoms with Crippen molar-refractivity contribution in [2.45, 2.75) is 32.7 Å². The summed E-state index contributed by atoms with van der Waals surface area (Å²) >= 11 is 0. The molecule has 0 unspecified atom stereocenters. The Kier molecular flexibility index (Phi) is 3.33. The molecule has 0 radical (unpaired) electrons. The first-order valence-electron chi connectivity index (χ1n) is 7.02. The minimum Gasteiger partial charge on any atom is -0.362 e. The van der Waals surface area contributed by atoms with Crippen LogP contribution in [-0.2, 0) is 12.0 Å². The average Bonchev–Trinajstić information content (AvgIpc) is 2.96. The van der Waals surface area contributed by atoms with E-state index in [1.807, 2.05) is 12.3 Å². The number of aromatic nitrogens is 4. The van der Waals surface area contributed by atoms with Gasteiger partial charge in [0.15, 0.2) is 5.82 Å². The van der Waals surface area contributed by atoms with Crippen LogP contribution in [0.25, 0.3) is 10.8 Å². The van der Waals surface area contributed by atoms with Crippen LogP contribution in [0.15, 0.2) is 36.8 Å². The maximum atomic E-state index is 4.60. The van der Waals surface area contributed by atoms with E-state index in [9.17, 15) is 0 Å². The highest BCUT2D eigenvalue weighted by molar-refractivity contribution is 5.94. The Morgan fingerprint density at radius 1 is 1.10 bits per heavy atom. The second-order valence-electron chi connectivity index (χ2n) is 6.08. The van der Waals surface area contributed by atoms with Gasteiger partial charge in [-0.3, -0.25) is 5.10 Å². The maximum absolute atomic E-state index is 4.60. The summed E-state index contributed by atoms with van der Waals surface area (Å²) in [6.45, 7) is 7.17. The molecule has 1 aromatic carbocycles. The van der Waals surface area contributed by atoms with Gasteiger partial charge in [-0.2, -0.15) is 5.10 Å². The van der Waals surface area contributed by atoms with Crippen molar-refractivity contribution in [1.29, 1.82) is 0 Å². The SMILES string of the molecule is CC(C)(C)c1cnc(NCc2nc[nH]n2)c2ccccc12. The lowest BCUT2D eigenvalue weighted by Crippen LogP contribution is -2.13. The molecule has 0 fully saturated rings. The molecule has 0 saturated carbocycles. The lowest BCUT2D eigenvalue weighted by Gasteiger charge is -2.22. The fraction of sp³-hybridized carbons (Fsp3) is 0.312. The molecule has 108 valence electrons. The summed E-state index contributed by atoms with van der Waals surface area (Å²) in [5.74, 6) is 1.59. The standard InChI is InChI=1S/C16H19N5/c1-16(2,3)13-8-17-15(12-7-5-4-6-11(12)13)18-9-14-19-10-20-21-14/h4-8,10H,9H2,1-3H3,(H,17,18)(H,19,20,21). The molecule has 0 spiro atoms. The molecule has 5 heteroatoms. The zero-order chi connectivity index (χ0) is 14.9. The predicted octanol–water partition coefficient (Wildman–Crippen LogP) is 3.26. The van der Waals surface area contributed by atoms with Crippen LogP contribution in [-0.4, -0.2) is 20.2 Å². The molecule has 0 saturated heterocycles. The summed E-state index contributed by atoms with van der Waals surface area (Å²) < 4.78 is 0. The molecular formula is C16H19N5. The number of H-pyrrole nitrogens is 1. The van der Waals surface area contributed by atoms with Gasteiger partial charge in [0.1, 0.15) is 12.1 Å². The molecule has 0 atom stereocenters. The van der Waals surface area contributed by atoms with Gasteiger partial charge in [0.2, 0.25) is 0 Å². The van der Waals surface area contributed by atoms with Crippen LogP contribution in [0.3, 0.4) is 0 Å². The van der Waals surface area contributed by atoms with Crippen LogP contribution in [0.2, 0.25) is 0 Å². The van der Waals surface area contributed by atoms with Crippen LogP contribution < -0.4 is 5.32 Å². The maximum Gasteiger partial charge on any atom is 0.169 e. The Morgan fingerprint density at radius 2 is 1.86 bits per heavy atom. The molecule has 0 aliphatic carbocycles. The Bertz CT molecular complexity index is 741. The van der Waals surface area contributed by atoms with Gasteiger partial charge < -0.3 is 5.32 Å². The van der Waals surface area contributed by atoms with Crippen LogP contribution in [0.4, 0.5) is 5.82 Å². The van der Waals surface area contributed by atoms with E-state index in [0.29, 0.717) is 6.54 Å². The van der Waals surface area contributed by atoms with Gasteiger partial charge in [0.05, 0.1) is 6.54 Å². The van der Waals surface area contributed by atoms with E-state index in [2.05, 4.69) is 64.5 Å². The van der Waals surface area contributed by atoms with Crippen molar-refractivity contribution in [3.63, 3.8) is 0 Å². The topological polar surface area (TPSA) is 66.5 Å². The van der Waals surface area contributed by atoms with Crippen LogP contribution in [0.5, 0.6) is 0 Å². The monoisotopic (exact) mass is 281 g/mol. The first-order chi connectivity index (χ1) is 10.1. The third-order valence-electron chi connectivity index (χ3n) is 3.48. The third-order valence-corrected chi connectivity index (χ3v) is 3.48. The molecule has 2 aromatic heterocycles. The Morgan fingerprint density at radius 3 is 2.52 bits per heavy atom. The van der Waals surface area contributed by atoms with Gasteiger partial charge in [0, 0.05) is 11.6 Å². The number of aromatic amines is 1. The van der Waals surface area contributed by atoms with Gasteiger partial charge in [0.25, 0.3) is 0 Å². The number of fused-ring (bicyclic) bond motifs is 1. The van der Waals surface area contributed by atoms with Crippen LogP contribution in [0.1, 0.15) is 32.2 Å². The van der Waals surface area contributed by atoms with Gasteiger partial charge >= 0.3 is 0 Å². The van der Waals surface area contributed by atoms with Gasteiger partial charge in [-0.1, -0.05) is 45.0 Å². The summed E-state index contributed by atoms with van der Waals surface area (Å²) in [5.41, 5.74) is 1.32. The Balaban J connectivity index is 2.01. The van der Waals surface area contributed by atoms with E-state index in [1.165, 1.54) is 10.9 Å². The Labute approximate surface area is 123 Å². The molecule has 0 amide bonds. The second kappa shape index (κ2) is 5.16. The van der Waals surface area contributed by atoms with Crippen molar-refractivity contribution in [3.8, 4) is 0 Å². The van der Waals surface area contributed by atoms with Crippen molar-refractivity contribution in [2.24, 2.45) is 0 Å². The highest BCUT2D eigenvalue weighted by Gasteiger charge is 2.18. The number of nitrogens with zero attached hydrogens (tertiary/aromatic N) is 3. The van der Waals surface area contributed by atoms with Crippen molar-refractivity contribution >= 4 is 16.6 Å². The lowest BCUT2D eigenvalue weighted by atomic mass is 9.85. The normalized spacial score (nSPS) is 11.8. The molecule has 5 nitrogen and oxygen atoms in total. The number of rotatable bonds is 3. The second-order valence-corrected chi connectivity index (χ2v) is 6.08. The molecule has 0 aliphatic rings. The van der Waals surface area contributed by atoms with Gasteiger partial charge in [-0.15, -0.1) is 0 Å². The van der Waals surface area contributed by atoms with E-state index in [4.69, 9.17) is 0 Å². The minimum absolute atomic E-state index is 0.0644. The molecule has 0 aliphatic heterocycles. The quantitative estimate of drug-likeness (QED) is 0.773. The summed E-state index contributed by atoms with van der Waals surface area (Å²) in [6.07, 6.45) is 3.54. The molecular weight excluding hydrogens is 262 g/mol. The molecule has 21 heavy (non-hydrogen) atoms. The van der Waals surface area contributed by atoms with Crippen molar-refractivity contribution in [3.05, 3.63) is 48.2 Å². The largest absolute Gasteiger partial charge is 0.362 e. The van der Waals surface area contributed by atoms with Crippen LogP contribution >= 0.6 is 0 Å². The summed E-state index contributed by atoms with van der Waals surface area (Å²) in [7, 11) is 0. The van der Waals surface area contributed by atoms with E-state index in [0.717, 1.165) is 17.0 Å². The predicted molar refractivity (Wildman–Crippen MR) is 84.2 cm³/mol. The lowest BCUT2D eigenvalue weighted by molar-refractivity contribution is 0.593. The minimum atomic E-state index is 0.0644. The number of pyridine rings is 1. The Hall–Kier alpha value is -2.43. The summed E-state index contributed by atoms with van der Waals surface area (Å²) in [5, 5.41) is 12.4. The van der Waals surface area contributed by atoms with Crippen LogP contribution in [0, 0.1) is 0 Å².